The van der Waals surface area contributed by atoms with Crippen LogP contribution in [-0.2, 0) is 18.4 Å². The van der Waals surface area contributed by atoms with Crippen LogP contribution in [0, 0.1) is 0 Å². The summed E-state index contributed by atoms with van der Waals surface area (Å²) in [4.78, 5) is 20.5. The van der Waals surface area contributed by atoms with E-state index in [-0.39, 0.29) is 12.5 Å². The third kappa shape index (κ3) is 3.91. The number of hydrogen-bond donors (Lipinski definition) is 3. The molecule has 152 valence electrons. The molecular formula is C21H21N7O2. The van der Waals surface area contributed by atoms with Gasteiger partial charge in [0, 0.05) is 42.3 Å². The van der Waals surface area contributed by atoms with Gasteiger partial charge in [0.25, 0.3) is 0 Å². The van der Waals surface area contributed by atoms with Crippen LogP contribution in [0.3, 0.4) is 0 Å². The fourth-order valence-electron chi connectivity index (χ4n) is 3.21. The molecule has 0 saturated carbocycles. The molecule has 3 aromatic heterocycles. The molecule has 1 amide bonds. The number of nitrogens with one attached hydrogen (secondary N) is 2. The van der Waals surface area contributed by atoms with Gasteiger partial charge in [-0.1, -0.05) is 12.6 Å². The molecule has 3 N–H and O–H groups in total. The van der Waals surface area contributed by atoms with E-state index in [1.54, 1.807) is 23.3 Å². The van der Waals surface area contributed by atoms with Gasteiger partial charge in [0.1, 0.15) is 0 Å². The number of aliphatic hydroxyl groups is 1. The van der Waals surface area contributed by atoms with Crippen molar-refractivity contribution in [3.05, 3.63) is 61.7 Å². The van der Waals surface area contributed by atoms with Crippen LogP contribution in [0.2, 0.25) is 0 Å². The molecule has 30 heavy (non-hydrogen) atoms. The van der Waals surface area contributed by atoms with Crippen molar-refractivity contribution >= 4 is 34.1 Å². The summed E-state index contributed by atoms with van der Waals surface area (Å²) in [6.07, 6.45) is 8.37. The van der Waals surface area contributed by atoms with Crippen molar-refractivity contribution in [2.45, 2.75) is 6.54 Å². The van der Waals surface area contributed by atoms with Crippen molar-refractivity contribution in [1.82, 2.24) is 24.3 Å². The Balaban J connectivity index is 1.64. The number of amides is 1. The number of carbonyl (C=O) groups excluding carboxylic acids is 1. The van der Waals surface area contributed by atoms with Gasteiger partial charge in [-0.05, 0) is 24.3 Å². The van der Waals surface area contributed by atoms with E-state index in [1.807, 2.05) is 42.1 Å². The predicted octanol–water partition coefficient (Wildman–Crippen LogP) is 2.69. The van der Waals surface area contributed by atoms with E-state index >= 15 is 0 Å². The second-order valence-corrected chi connectivity index (χ2v) is 6.69. The lowest BCUT2D eigenvalue weighted by atomic mass is 10.1. The van der Waals surface area contributed by atoms with Crippen LogP contribution in [0.15, 0.2) is 61.7 Å². The van der Waals surface area contributed by atoms with Gasteiger partial charge in [-0.15, -0.1) is 0 Å². The van der Waals surface area contributed by atoms with Crippen molar-refractivity contribution in [2.75, 3.05) is 17.2 Å². The summed E-state index contributed by atoms with van der Waals surface area (Å²) in [5, 5.41) is 20.1. The molecule has 0 radical (unpaired) electrons. The van der Waals surface area contributed by atoms with Crippen LogP contribution in [-0.4, -0.2) is 41.9 Å². The molecule has 0 atom stereocenters. The van der Waals surface area contributed by atoms with Crippen LogP contribution < -0.4 is 10.6 Å². The maximum atomic E-state index is 11.6. The second-order valence-electron chi connectivity index (χ2n) is 6.69. The van der Waals surface area contributed by atoms with Crippen molar-refractivity contribution in [1.29, 1.82) is 0 Å². The van der Waals surface area contributed by atoms with E-state index < -0.39 is 0 Å². The third-order valence-corrected chi connectivity index (χ3v) is 4.59. The van der Waals surface area contributed by atoms with E-state index in [4.69, 9.17) is 5.11 Å². The standard InChI is InChI=1S/C21H21N7O2/c1-3-20(30)24-14-4-5-16-17(13-27(2)19(16)10-14)18-6-7-22-21(26-18)25-15-11-23-28(12-15)8-9-29/h3-7,10-13,29H,1,8-9H2,2H3,(H,24,30)(H,22,25,26). The summed E-state index contributed by atoms with van der Waals surface area (Å²) in [5.41, 5.74) is 4.12. The Bertz CT molecular complexity index is 1230. The molecule has 0 saturated heterocycles. The molecule has 0 aliphatic carbocycles. The summed E-state index contributed by atoms with van der Waals surface area (Å²) in [7, 11) is 1.95. The second kappa shape index (κ2) is 8.18. The van der Waals surface area contributed by atoms with Gasteiger partial charge in [-0.2, -0.15) is 5.10 Å². The first-order valence-electron chi connectivity index (χ1n) is 9.33. The van der Waals surface area contributed by atoms with Crippen LogP contribution in [0.25, 0.3) is 22.2 Å². The molecule has 4 rings (SSSR count). The van der Waals surface area contributed by atoms with Crippen LogP contribution in [0.5, 0.6) is 0 Å². The number of aromatic nitrogens is 5. The molecular weight excluding hydrogens is 382 g/mol. The smallest absolute Gasteiger partial charge is 0.247 e. The summed E-state index contributed by atoms with van der Waals surface area (Å²) in [6.45, 7) is 3.92. The van der Waals surface area contributed by atoms with Gasteiger partial charge >= 0.3 is 0 Å². The first-order valence-corrected chi connectivity index (χ1v) is 9.33. The number of rotatable bonds is 7. The Labute approximate surface area is 172 Å². The molecule has 0 spiro atoms. The number of carbonyl (C=O) groups is 1. The lowest BCUT2D eigenvalue weighted by Crippen LogP contribution is -2.07. The first-order chi connectivity index (χ1) is 14.6. The van der Waals surface area contributed by atoms with Crippen molar-refractivity contribution in [3.63, 3.8) is 0 Å². The quantitative estimate of drug-likeness (QED) is 0.409. The van der Waals surface area contributed by atoms with Crippen molar-refractivity contribution in [3.8, 4) is 11.3 Å². The highest BCUT2D eigenvalue weighted by molar-refractivity contribution is 6.02. The number of fused-ring (bicyclic) bond motifs is 1. The number of aliphatic hydroxyl groups excluding tert-OH is 1. The number of hydrogen-bond acceptors (Lipinski definition) is 6. The number of benzene rings is 1. The van der Waals surface area contributed by atoms with Gasteiger partial charge in [0.15, 0.2) is 0 Å². The highest BCUT2D eigenvalue weighted by atomic mass is 16.3. The van der Waals surface area contributed by atoms with E-state index in [0.717, 1.165) is 27.8 Å². The van der Waals surface area contributed by atoms with E-state index in [1.165, 1.54) is 6.08 Å². The number of nitrogens with zero attached hydrogens (tertiary/aromatic N) is 5. The minimum Gasteiger partial charge on any atom is -0.394 e. The summed E-state index contributed by atoms with van der Waals surface area (Å²) in [6, 6.07) is 7.57. The monoisotopic (exact) mass is 403 g/mol. The summed E-state index contributed by atoms with van der Waals surface area (Å²) >= 11 is 0. The molecule has 3 heterocycles. The number of aryl methyl sites for hydroxylation is 1. The third-order valence-electron chi connectivity index (χ3n) is 4.59. The highest BCUT2D eigenvalue weighted by Gasteiger charge is 2.12. The Morgan fingerprint density at radius 1 is 1.27 bits per heavy atom. The van der Waals surface area contributed by atoms with Crippen LogP contribution in [0.1, 0.15) is 0 Å². The summed E-state index contributed by atoms with van der Waals surface area (Å²) < 4.78 is 3.63. The van der Waals surface area contributed by atoms with Crippen LogP contribution in [0.4, 0.5) is 17.3 Å². The molecule has 0 aliphatic heterocycles. The van der Waals surface area contributed by atoms with Crippen LogP contribution >= 0.6 is 0 Å². The van der Waals surface area contributed by atoms with Crippen molar-refractivity contribution < 1.29 is 9.90 Å². The largest absolute Gasteiger partial charge is 0.394 e. The first kappa shape index (κ1) is 19.3. The Kier molecular flexibility index (Phi) is 5.27. The molecule has 0 bridgehead atoms. The van der Waals surface area contributed by atoms with E-state index in [2.05, 4.69) is 32.3 Å². The van der Waals surface area contributed by atoms with Gasteiger partial charge < -0.3 is 20.3 Å². The average Bonchev–Trinajstić information content (AvgIpc) is 3.32. The molecule has 9 heteroatoms. The molecule has 0 fully saturated rings. The fourth-order valence-corrected chi connectivity index (χ4v) is 3.21. The lowest BCUT2D eigenvalue weighted by Gasteiger charge is -2.05. The topological polar surface area (TPSA) is 110 Å². The zero-order chi connectivity index (χ0) is 21.1. The van der Waals surface area contributed by atoms with Crippen molar-refractivity contribution in [2.24, 2.45) is 7.05 Å². The minimum absolute atomic E-state index is 0.0210. The Morgan fingerprint density at radius 2 is 2.13 bits per heavy atom. The Hall–Kier alpha value is -3.98. The maximum Gasteiger partial charge on any atom is 0.247 e. The zero-order valence-corrected chi connectivity index (χ0v) is 16.4. The molecule has 0 unspecified atom stereocenters. The van der Waals surface area contributed by atoms with E-state index in [0.29, 0.717) is 18.2 Å². The lowest BCUT2D eigenvalue weighted by molar-refractivity contribution is -0.111. The minimum atomic E-state index is -0.252. The van der Waals surface area contributed by atoms with E-state index in [9.17, 15) is 4.79 Å². The normalized spacial score (nSPS) is 10.9. The molecule has 1 aromatic carbocycles. The molecule has 4 aromatic rings. The zero-order valence-electron chi connectivity index (χ0n) is 16.4. The number of anilines is 3. The molecule has 9 nitrogen and oxygen atoms in total. The molecule has 0 aliphatic rings. The maximum absolute atomic E-state index is 11.6. The van der Waals surface area contributed by atoms with Gasteiger partial charge in [-0.25, -0.2) is 9.97 Å². The Morgan fingerprint density at radius 3 is 2.93 bits per heavy atom. The predicted molar refractivity (Wildman–Crippen MR) is 115 cm³/mol. The average molecular weight is 403 g/mol. The van der Waals surface area contributed by atoms with Gasteiger partial charge in [-0.3, -0.25) is 9.48 Å². The van der Waals surface area contributed by atoms with Gasteiger partial charge in [0.2, 0.25) is 11.9 Å². The van der Waals surface area contributed by atoms with Gasteiger partial charge in [0.05, 0.1) is 36.2 Å². The fraction of sp³-hybridized carbons (Fsp3) is 0.143. The highest BCUT2D eigenvalue weighted by Crippen LogP contribution is 2.31. The summed E-state index contributed by atoms with van der Waals surface area (Å²) in [5.74, 6) is 0.195. The SMILES string of the molecule is C=CC(=O)Nc1ccc2c(-c3ccnc(Nc4cnn(CCO)c4)n3)cn(C)c2c1.